The molecular formula is C22H32O8. The predicted molar refractivity (Wildman–Crippen MR) is 109 cm³/mol. The minimum Gasteiger partial charge on any atom is -0.494 e. The highest BCUT2D eigenvalue weighted by atomic mass is 16.6. The summed E-state index contributed by atoms with van der Waals surface area (Å²) in [6.07, 6.45) is 1.74. The molecule has 0 spiro atoms. The van der Waals surface area contributed by atoms with Gasteiger partial charge in [0.15, 0.2) is 6.29 Å². The molecule has 30 heavy (non-hydrogen) atoms. The Morgan fingerprint density at radius 3 is 2.37 bits per heavy atom. The molecular weight excluding hydrogens is 392 g/mol. The van der Waals surface area contributed by atoms with Crippen LogP contribution in [0.1, 0.15) is 38.5 Å². The van der Waals surface area contributed by atoms with Gasteiger partial charge in [0.1, 0.15) is 35.7 Å². The van der Waals surface area contributed by atoms with Crippen LogP contribution in [-0.2, 0) is 9.47 Å². The Hall–Kier alpha value is -1.68. The van der Waals surface area contributed by atoms with Gasteiger partial charge in [-0.25, -0.2) is 0 Å². The number of aliphatic hydroxyl groups is 4. The summed E-state index contributed by atoms with van der Waals surface area (Å²) in [6, 6.07) is 7.73. The molecule has 8 heteroatoms. The lowest BCUT2D eigenvalue weighted by atomic mass is 9.99. The number of hydrogen-bond acceptors (Lipinski definition) is 8. The average Bonchev–Trinajstić information content (AvgIpc) is 3.22. The molecule has 0 radical (unpaired) electrons. The summed E-state index contributed by atoms with van der Waals surface area (Å²) < 4.78 is 21.6. The van der Waals surface area contributed by atoms with Crippen molar-refractivity contribution >= 4 is 11.0 Å². The van der Waals surface area contributed by atoms with Crippen LogP contribution in [-0.4, -0.2) is 71.0 Å². The highest BCUT2D eigenvalue weighted by Crippen LogP contribution is 2.23. The molecule has 1 aliphatic rings. The number of fused-ring (bicyclic) bond motifs is 1. The van der Waals surface area contributed by atoms with Crippen molar-refractivity contribution in [1.82, 2.24) is 0 Å². The summed E-state index contributed by atoms with van der Waals surface area (Å²) in [6.45, 7) is 0.593. The molecule has 1 aromatic carbocycles. The zero-order valence-electron chi connectivity index (χ0n) is 17.1. The molecule has 0 saturated carbocycles. The van der Waals surface area contributed by atoms with E-state index in [9.17, 15) is 15.3 Å². The van der Waals surface area contributed by atoms with Crippen molar-refractivity contribution in [3.63, 3.8) is 0 Å². The maximum atomic E-state index is 10.1. The van der Waals surface area contributed by atoms with Crippen molar-refractivity contribution in [3.05, 3.63) is 30.5 Å². The first-order valence-corrected chi connectivity index (χ1v) is 10.6. The van der Waals surface area contributed by atoms with Crippen LogP contribution >= 0.6 is 0 Å². The number of furan rings is 1. The monoisotopic (exact) mass is 424 g/mol. The van der Waals surface area contributed by atoms with E-state index in [0.717, 1.165) is 55.2 Å². The van der Waals surface area contributed by atoms with Gasteiger partial charge in [0, 0.05) is 12.0 Å². The standard InChI is InChI=1S/C22H32O8/c23-14-18-19(24)21(20(25)22(26)30-18)29-11-6-4-2-1-3-5-10-27-16-7-8-17-15(13-16)9-12-28-17/h7-9,12-13,18-26H,1-6,10-11,14H2/t18-,19-,20-,21+,22?/m1/s1. The second-order valence-corrected chi connectivity index (χ2v) is 7.65. The van der Waals surface area contributed by atoms with Crippen LogP contribution in [0.3, 0.4) is 0 Å². The third-order valence-corrected chi connectivity index (χ3v) is 5.38. The van der Waals surface area contributed by atoms with E-state index in [1.807, 2.05) is 24.3 Å². The van der Waals surface area contributed by atoms with E-state index in [-0.39, 0.29) is 0 Å². The number of benzene rings is 1. The summed E-state index contributed by atoms with van der Waals surface area (Å²) in [5.74, 6) is 0.854. The van der Waals surface area contributed by atoms with E-state index in [4.69, 9.17) is 23.7 Å². The van der Waals surface area contributed by atoms with Crippen LogP contribution in [0, 0.1) is 0 Å². The van der Waals surface area contributed by atoms with Gasteiger partial charge in [0.05, 0.1) is 19.5 Å². The van der Waals surface area contributed by atoms with Gasteiger partial charge < -0.3 is 39.1 Å². The Labute approximate surface area is 176 Å². The fraction of sp³-hybridized carbons (Fsp3) is 0.636. The van der Waals surface area contributed by atoms with Gasteiger partial charge in [-0.15, -0.1) is 0 Å². The highest BCUT2D eigenvalue weighted by molar-refractivity contribution is 5.78. The summed E-state index contributed by atoms with van der Waals surface area (Å²) in [7, 11) is 0. The number of unbranched alkanes of at least 4 members (excludes halogenated alkanes) is 5. The van der Waals surface area contributed by atoms with Crippen molar-refractivity contribution < 1.29 is 39.1 Å². The molecule has 4 N–H and O–H groups in total. The van der Waals surface area contributed by atoms with Crippen molar-refractivity contribution in [2.75, 3.05) is 19.8 Å². The molecule has 3 rings (SSSR count). The largest absolute Gasteiger partial charge is 0.494 e. The Morgan fingerprint density at radius 1 is 0.867 bits per heavy atom. The topological polar surface area (TPSA) is 122 Å². The first-order chi connectivity index (χ1) is 14.6. The molecule has 0 amide bonds. The smallest absolute Gasteiger partial charge is 0.184 e. The van der Waals surface area contributed by atoms with Crippen LogP contribution in [0.25, 0.3) is 11.0 Å². The summed E-state index contributed by atoms with van der Waals surface area (Å²) in [5.41, 5.74) is 0.858. The summed E-state index contributed by atoms with van der Waals surface area (Å²) in [4.78, 5) is 0. The molecule has 1 fully saturated rings. The second-order valence-electron chi connectivity index (χ2n) is 7.65. The minimum absolute atomic E-state index is 0.364. The van der Waals surface area contributed by atoms with E-state index in [0.29, 0.717) is 13.2 Å². The SMILES string of the molecule is OC[C@H]1OC(O)[C@H](O)[C@@H](OCCCCCCCCOc2ccc3occc3c2)[C@@H]1O. The average molecular weight is 424 g/mol. The van der Waals surface area contributed by atoms with Gasteiger partial charge in [-0.05, 0) is 37.1 Å². The molecule has 8 nitrogen and oxygen atoms in total. The number of ether oxygens (including phenoxy) is 3. The van der Waals surface area contributed by atoms with E-state index >= 15 is 0 Å². The molecule has 2 aromatic rings. The van der Waals surface area contributed by atoms with Gasteiger partial charge in [-0.2, -0.15) is 0 Å². The third-order valence-electron chi connectivity index (χ3n) is 5.38. The van der Waals surface area contributed by atoms with Gasteiger partial charge in [0.2, 0.25) is 0 Å². The Balaban J connectivity index is 1.21. The normalized spacial score (nSPS) is 26.9. The van der Waals surface area contributed by atoms with Crippen molar-refractivity contribution in [2.45, 2.75) is 69.2 Å². The van der Waals surface area contributed by atoms with Crippen LogP contribution in [0.2, 0.25) is 0 Å². The quantitative estimate of drug-likeness (QED) is 0.382. The highest BCUT2D eigenvalue weighted by Gasteiger charge is 2.44. The number of hydrogen-bond donors (Lipinski definition) is 4. The molecule has 0 bridgehead atoms. The Kier molecular flexibility index (Phi) is 8.92. The van der Waals surface area contributed by atoms with Gasteiger partial charge in [-0.1, -0.05) is 25.7 Å². The molecule has 2 heterocycles. The second kappa shape index (κ2) is 11.6. The third kappa shape index (κ3) is 6.16. The van der Waals surface area contributed by atoms with E-state index in [1.165, 1.54) is 0 Å². The zero-order valence-corrected chi connectivity index (χ0v) is 17.1. The van der Waals surface area contributed by atoms with Gasteiger partial charge in [0.25, 0.3) is 0 Å². The molecule has 1 saturated heterocycles. The zero-order chi connectivity index (χ0) is 21.3. The fourth-order valence-corrected chi connectivity index (χ4v) is 3.62. The Morgan fingerprint density at radius 2 is 1.60 bits per heavy atom. The van der Waals surface area contributed by atoms with Crippen LogP contribution in [0.4, 0.5) is 0 Å². The van der Waals surface area contributed by atoms with Crippen LogP contribution in [0.5, 0.6) is 5.75 Å². The predicted octanol–water partition coefficient (Wildman–Crippen LogP) is 1.97. The molecule has 0 aliphatic carbocycles. The van der Waals surface area contributed by atoms with Crippen LogP contribution in [0.15, 0.2) is 34.9 Å². The van der Waals surface area contributed by atoms with E-state index in [1.54, 1.807) is 6.26 Å². The van der Waals surface area contributed by atoms with Crippen molar-refractivity contribution in [3.8, 4) is 5.75 Å². The lowest BCUT2D eigenvalue weighted by Gasteiger charge is -2.39. The fourth-order valence-electron chi connectivity index (χ4n) is 3.62. The van der Waals surface area contributed by atoms with Crippen LogP contribution < -0.4 is 4.74 Å². The number of rotatable bonds is 12. The van der Waals surface area contributed by atoms with E-state index < -0.39 is 37.3 Å². The lowest BCUT2D eigenvalue weighted by molar-refractivity contribution is -0.294. The maximum Gasteiger partial charge on any atom is 0.184 e. The van der Waals surface area contributed by atoms with Gasteiger partial charge >= 0.3 is 0 Å². The first-order valence-electron chi connectivity index (χ1n) is 10.6. The molecule has 1 aromatic heterocycles. The molecule has 1 unspecified atom stereocenters. The number of aliphatic hydroxyl groups excluding tert-OH is 4. The van der Waals surface area contributed by atoms with E-state index in [2.05, 4.69) is 0 Å². The van der Waals surface area contributed by atoms with Crippen molar-refractivity contribution in [1.29, 1.82) is 0 Å². The minimum atomic E-state index is -1.47. The van der Waals surface area contributed by atoms with Crippen molar-refractivity contribution in [2.24, 2.45) is 0 Å². The molecule has 1 aliphatic heterocycles. The maximum absolute atomic E-state index is 10.1. The molecule has 5 atom stereocenters. The summed E-state index contributed by atoms with van der Waals surface area (Å²) in [5, 5.41) is 39.8. The first kappa shape index (κ1) is 23.0. The summed E-state index contributed by atoms with van der Waals surface area (Å²) >= 11 is 0. The van der Waals surface area contributed by atoms with Gasteiger partial charge in [-0.3, -0.25) is 0 Å². The molecule has 168 valence electrons. The lowest BCUT2D eigenvalue weighted by Crippen LogP contribution is -2.59. The Bertz CT molecular complexity index is 748.